The van der Waals surface area contributed by atoms with Crippen LogP contribution < -0.4 is 11.1 Å². The smallest absolute Gasteiger partial charge is 0.356 e. The number of carbonyl (C=O) groups excluding carboxylic acids is 2. The predicted molar refractivity (Wildman–Crippen MR) is 91.1 cm³/mol. The average Bonchev–Trinajstić information content (AvgIpc) is 2.64. The van der Waals surface area contributed by atoms with E-state index in [0.717, 1.165) is 16.9 Å². The van der Waals surface area contributed by atoms with E-state index in [0.29, 0.717) is 12.2 Å². The molecule has 0 aromatic heterocycles. The zero-order valence-electron chi connectivity index (χ0n) is 13.6. The highest BCUT2D eigenvalue weighted by molar-refractivity contribution is 8.00. The number of nitrogens with one attached hydrogen (secondary N) is 1. The van der Waals surface area contributed by atoms with Gasteiger partial charge in [-0.25, -0.2) is 4.79 Å². The first-order valence-electron chi connectivity index (χ1n) is 7.80. The molecule has 1 aliphatic carbocycles. The minimum absolute atomic E-state index is 0.161. The molecule has 134 valence electrons. The van der Waals surface area contributed by atoms with Gasteiger partial charge in [0.25, 0.3) is 5.91 Å². The number of methoxy groups -OCH3 is 1. The van der Waals surface area contributed by atoms with E-state index in [1.807, 2.05) is 18.2 Å². The van der Waals surface area contributed by atoms with Crippen molar-refractivity contribution in [3.63, 3.8) is 0 Å². The zero-order valence-corrected chi connectivity index (χ0v) is 14.4. The fourth-order valence-electron chi connectivity index (χ4n) is 3.03. The van der Waals surface area contributed by atoms with Crippen molar-refractivity contribution in [1.82, 2.24) is 10.2 Å². The van der Waals surface area contributed by atoms with Crippen molar-refractivity contribution in [2.45, 2.75) is 30.3 Å². The van der Waals surface area contributed by atoms with Gasteiger partial charge in [-0.1, -0.05) is 18.2 Å². The van der Waals surface area contributed by atoms with Crippen LogP contribution in [0.1, 0.15) is 12.8 Å². The summed E-state index contributed by atoms with van der Waals surface area (Å²) in [5.41, 5.74) is 6.63. The van der Waals surface area contributed by atoms with Crippen LogP contribution >= 0.6 is 11.8 Å². The molecular weight excluding hydrogens is 346 g/mol. The summed E-state index contributed by atoms with van der Waals surface area (Å²) in [6.07, 6.45) is 7.20. The van der Waals surface area contributed by atoms with E-state index in [4.69, 9.17) is 10.5 Å². The van der Waals surface area contributed by atoms with Gasteiger partial charge in [-0.05, 0) is 18.4 Å². The number of thioether (sulfide) groups is 1. The number of nitrogens with zero attached hydrogens (tertiary/aromatic N) is 1. The number of hydrogen-bond acceptors (Lipinski definition) is 6. The molecule has 2 heterocycles. The molecule has 0 aromatic carbocycles. The predicted octanol–water partition coefficient (Wildman–Crippen LogP) is -0.0674. The van der Waals surface area contributed by atoms with Gasteiger partial charge in [-0.15, -0.1) is 11.8 Å². The van der Waals surface area contributed by atoms with Gasteiger partial charge in [0.2, 0.25) is 5.91 Å². The summed E-state index contributed by atoms with van der Waals surface area (Å²) < 4.78 is 5.06. The highest BCUT2D eigenvalue weighted by Gasteiger charge is 2.55. The summed E-state index contributed by atoms with van der Waals surface area (Å²) in [6.45, 7) is 0. The third kappa shape index (κ3) is 3.05. The first-order valence-corrected chi connectivity index (χ1v) is 8.85. The van der Waals surface area contributed by atoms with E-state index in [2.05, 4.69) is 5.32 Å². The van der Waals surface area contributed by atoms with Gasteiger partial charge in [0.05, 0.1) is 12.9 Å². The molecule has 4 N–H and O–H groups in total. The molecule has 0 spiro atoms. The van der Waals surface area contributed by atoms with Crippen LogP contribution in [0.5, 0.6) is 0 Å². The quantitative estimate of drug-likeness (QED) is 0.460. The Morgan fingerprint density at radius 2 is 2.24 bits per heavy atom. The lowest BCUT2D eigenvalue weighted by atomic mass is 9.97. The van der Waals surface area contributed by atoms with Crippen molar-refractivity contribution in [3.05, 3.63) is 35.3 Å². The van der Waals surface area contributed by atoms with E-state index >= 15 is 0 Å². The van der Waals surface area contributed by atoms with E-state index in [-0.39, 0.29) is 11.5 Å². The summed E-state index contributed by atoms with van der Waals surface area (Å²) >= 11 is 1.35. The van der Waals surface area contributed by atoms with Crippen molar-refractivity contribution in [3.8, 4) is 0 Å². The normalized spacial score (nSPS) is 26.4. The second-order valence-electron chi connectivity index (χ2n) is 5.85. The van der Waals surface area contributed by atoms with E-state index in [1.54, 1.807) is 0 Å². The lowest BCUT2D eigenvalue weighted by molar-refractivity contribution is -0.151. The van der Waals surface area contributed by atoms with Crippen LogP contribution in [0.15, 0.2) is 35.3 Å². The Balaban J connectivity index is 1.69. The largest absolute Gasteiger partial charge is 0.498 e. The molecule has 0 saturated carbocycles. The molecule has 0 radical (unpaired) electrons. The van der Waals surface area contributed by atoms with Crippen LogP contribution in [0, 0.1) is 0 Å². The molecular formula is C16H19N3O5S. The van der Waals surface area contributed by atoms with Crippen molar-refractivity contribution in [2.75, 3.05) is 12.9 Å². The van der Waals surface area contributed by atoms with Gasteiger partial charge in [-0.2, -0.15) is 0 Å². The third-order valence-electron chi connectivity index (χ3n) is 4.40. The molecule has 8 nitrogen and oxygen atoms in total. The second-order valence-corrected chi connectivity index (χ2v) is 6.95. The molecule has 3 rings (SSSR count). The third-order valence-corrected chi connectivity index (χ3v) is 5.65. The first-order chi connectivity index (χ1) is 12.0. The topological polar surface area (TPSA) is 122 Å². The van der Waals surface area contributed by atoms with Gasteiger partial charge < -0.3 is 20.9 Å². The number of aliphatic carboxylic acids is 1. The highest BCUT2D eigenvalue weighted by atomic mass is 32.2. The van der Waals surface area contributed by atoms with E-state index in [1.165, 1.54) is 18.9 Å². The zero-order chi connectivity index (χ0) is 18.1. The molecule has 0 bridgehead atoms. The monoisotopic (exact) mass is 365 g/mol. The van der Waals surface area contributed by atoms with Crippen molar-refractivity contribution in [2.24, 2.45) is 5.73 Å². The Labute approximate surface area is 148 Å². The Bertz CT molecular complexity index is 715. The number of β-lactam (4-membered cyclic amide) rings is 1. The summed E-state index contributed by atoms with van der Waals surface area (Å²) in [5.74, 6) is -1.57. The SMILES string of the molecule is COC1=C(C(=O)O)N2C(=O)C(NC(=O)C(N)C3=CCC=CC3)C2SC1. The van der Waals surface area contributed by atoms with Crippen molar-refractivity contribution < 1.29 is 24.2 Å². The van der Waals surface area contributed by atoms with Crippen LogP contribution in [0.4, 0.5) is 0 Å². The minimum atomic E-state index is -1.23. The second kappa shape index (κ2) is 6.93. The lowest BCUT2D eigenvalue weighted by Gasteiger charge is -2.49. The maximum Gasteiger partial charge on any atom is 0.356 e. The fourth-order valence-corrected chi connectivity index (χ4v) is 4.34. The van der Waals surface area contributed by atoms with Crippen LogP contribution in [0.25, 0.3) is 0 Å². The van der Waals surface area contributed by atoms with Crippen LogP contribution in [-0.2, 0) is 19.1 Å². The van der Waals surface area contributed by atoms with Crippen LogP contribution in [0.3, 0.4) is 0 Å². The lowest BCUT2D eigenvalue weighted by Crippen LogP contribution is -2.71. The van der Waals surface area contributed by atoms with E-state index < -0.39 is 35.2 Å². The number of nitrogens with two attached hydrogens (primary N) is 1. The first kappa shape index (κ1) is 17.6. The molecule has 1 fully saturated rings. The van der Waals surface area contributed by atoms with Gasteiger partial charge in [0, 0.05) is 0 Å². The number of carboxylic acid groups (broad SMARTS) is 1. The van der Waals surface area contributed by atoms with Gasteiger partial charge in [0.1, 0.15) is 23.2 Å². The molecule has 3 aliphatic rings. The Kier molecular flexibility index (Phi) is 4.87. The van der Waals surface area contributed by atoms with Crippen LogP contribution in [-0.4, -0.2) is 58.1 Å². The number of fused-ring (bicyclic) bond motifs is 1. The van der Waals surface area contributed by atoms with Gasteiger partial charge >= 0.3 is 5.97 Å². The van der Waals surface area contributed by atoms with Crippen molar-refractivity contribution in [1.29, 1.82) is 0 Å². The maximum absolute atomic E-state index is 12.4. The van der Waals surface area contributed by atoms with Gasteiger partial charge in [0.15, 0.2) is 5.70 Å². The average molecular weight is 365 g/mol. The molecule has 3 unspecified atom stereocenters. The van der Waals surface area contributed by atoms with Gasteiger partial charge in [-0.3, -0.25) is 14.5 Å². The number of rotatable bonds is 5. The Morgan fingerprint density at radius 1 is 1.48 bits per heavy atom. The number of carbonyl (C=O) groups is 3. The number of ether oxygens (including phenoxy) is 1. The molecule has 25 heavy (non-hydrogen) atoms. The molecule has 2 amide bonds. The molecule has 9 heteroatoms. The number of carboxylic acids is 1. The number of allylic oxidation sites excluding steroid dienone is 3. The summed E-state index contributed by atoms with van der Waals surface area (Å²) in [7, 11) is 1.37. The molecule has 3 atom stereocenters. The number of hydrogen-bond donors (Lipinski definition) is 3. The fraction of sp³-hybridized carbons (Fsp3) is 0.438. The van der Waals surface area contributed by atoms with E-state index in [9.17, 15) is 19.5 Å². The standard InChI is InChI=1S/C16H19N3O5S/c1-24-9-7-25-15-11(14(21)19(15)12(9)16(22)23)18-13(20)10(17)8-5-3-2-4-6-8/h2-3,6,10-11,15H,4-5,7,17H2,1H3,(H,18,20)(H,22,23). The Hall–Kier alpha value is -2.26. The molecule has 1 saturated heterocycles. The summed E-state index contributed by atoms with van der Waals surface area (Å²) in [5, 5.41) is 11.5. The maximum atomic E-state index is 12.4. The molecule has 2 aliphatic heterocycles. The minimum Gasteiger partial charge on any atom is -0.498 e. The highest BCUT2D eigenvalue weighted by Crippen LogP contribution is 2.40. The molecule has 0 aromatic rings. The van der Waals surface area contributed by atoms with Crippen LogP contribution in [0.2, 0.25) is 0 Å². The Morgan fingerprint density at radius 3 is 2.84 bits per heavy atom. The summed E-state index contributed by atoms with van der Waals surface area (Å²) in [4.78, 5) is 37.4. The number of amides is 2. The summed E-state index contributed by atoms with van der Waals surface area (Å²) in [6, 6.07) is -1.60. The van der Waals surface area contributed by atoms with Crippen molar-refractivity contribution >= 4 is 29.5 Å².